The molecule has 3 nitrogen and oxygen atoms in total. The number of Topliss-reactive ketones (excluding diaryl/α,β-unsaturated/α-hetero) is 1. The Labute approximate surface area is 193 Å². The minimum absolute atomic E-state index is 0.112. The van der Waals surface area contributed by atoms with Gasteiger partial charge in [-0.05, 0) is 19.3 Å². The van der Waals surface area contributed by atoms with Crippen LogP contribution < -0.4 is 0 Å². The summed E-state index contributed by atoms with van der Waals surface area (Å²) in [6.45, 7) is 2.26. The largest absolute Gasteiger partial charge is 0.303 e. The van der Waals surface area contributed by atoms with Gasteiger partial charge in [-0.25, -0.2) is 0 Å². The van der Waals surface area contributed by atoms with Crippen LogP contribution in [-0.4, -0.2) is 18.4 Å². The standard InChI is InChI=1S/C28H51O3/c1-2-3-4-5-6-7-8-12-15-18-21-24-28(31)27(26-30)23-20-17-14-11-9-10-13-16-19-22-25-29/h25,27H,2-24H2,1H3. The van der Waals surface area contributed by atoms with Crippen LogP contribution in [-0.2, 0) is 14.4 Å². The normalized spacial score (nSPS) is 12.0. The molecule has 181 valence electrons. The number of aldehydes is 1. The van der Waals surface area contributed by atoms with E-state index in [1.165, 1.54) is 89.9 Å². The maximum absolute atomic E-state index is 12.3. The molecule has 0 heterocycles. The van der Waals surface area contributed by atoms with Crippen molar-refractivity contribution in [2.45, 2.75) is 155 Å². The van der Waals surface area contributed by atoms with Crippen LogP contribution in [0.4, 0.5) is 0 Å². The van der Waals surface area contributed by atoms with E-state index in [2.05, 4.69) is 6.92 Å². The molecule has 0 N–H and O–H groups in total. The van der Waals surface area contributed by atoms with Gasteiger partial charge in [0, 0.05) is 12.8 Å². The van der Waals surface area contributed by atoms with Crippen LogP contribution in [0, 0.1) is 5.92 Å². The summed E-state index contributed by atoms with van der Waals surface area (Å²) >= 11 is 0. The van der Waals surface area contributed by atoms with Gasteiger partial charge < -0.3 is 4.79 Å². The number of ketones is 1. The van der Waals surface area contributed by atoms with Gasteiger partial charge in [-0.3, -0.25) is 9.59 Å². The van der Waals surface area contributed by atoms with E-state index < -0.39 is 5.92 Å². The second-order valence-electron chi connectivity index (χ2n) is 9.35. The van der Waals surface area contributed by atoms with Crippen LogP contribution in [0.25, 0.3) is 0 Å². The molecule has 0 aromatic heterocycles. The molecule has 0 amide bonds. The highest BCUT2D eigenvalue weighted by Crippen LogP contribution is 2.17. The highest BCUT2D eigenvalue weighted by Gasteiger charge is 2.17. The quantitative estimate of drug-likeness (QED) is 0.0777. The van der Waals surface area contributed by atoms with Gasteiger partial charge in [0.2, 0.25) is 6.29 Å². The molecule has 1 radical (unpaired) electrons. The average Bonchev–Trinajstić information content (AvgIpc) is 2.78. The number of unbranched alkanes of at least 4 members (excludes halogenated alkanes) is 19. The molecule has 0 aliphatic heterocycles. The molecule has 1 unspecified atom stereocenters. The van der Waals surface area contributed by atoms with Crippen molar-refractivity contribution in [1.82, 2.24) is 0 Å². The molecule has 0 spiro atoms. The Hall–Kier alpha value is -0.990. The van der Waals surface area contributed by atoms with E-state index in [4.69, 9.17) is 0 Å². The summed E-state index contributed by atoms with van der Waals surface area (Å²) in [5.74, 6) is -0.373. The van der Waals surface area contributed by atoms with Crippen LogP contribution in [0.3, 0.4) is 0 Å². The summed E-state index contributed by atoms with van der Waals surface area (Å²) in [5.41, 5.74) is 0. The Bertz CT molecular complexity index is 405. The van der Waals surface area contributed by atoms with E-state index in [0.717, 1.165) is 44.8 Å². The lowest BCUT2D eigenvalue weighted by molar-refractivity contribution is -0.121. The van der Waals surface area contributed by atoms with Crippen molar-refractivity contribution in [3.8, 4) is 0 Å². The molecule has 0 bridgehead atoms. The molecule has 0 saturated heterocycles. The first-order valence-electron chi connectivity index (χ1n) is 13.6. The fraction of sp³-hybridized carbons (Fsp3) is 0.893. The Morgan fingerprint density at radius 1 is 0.645 bits per heavy atom. The number of hydrogen-bond donors (Lipinski definition) is 0. The predicted octanol–water partition coefficient (Wildman–Crippen LogP) is 8.47. The molecule has 0 fully saturated rings. The Balaban J connectivity index is 3.47. The fourth-order valence-corrected chi connectivity index (χ4v) is 4.24. The highest BCUT2D eigenvalue weighted by atomic mass is 16.1. The average molecular weight is 436 g/mol. The first-order chi connectivity index (χ1) is 15.3. The summed E-state index contributed by atoms with van der Waals surface area (Å²) in [5, 5.41) is 0. The van der Waals surface area contributed by atoms with Gasteiger partial charge in [-0.1, -0.05) is 122 Å². The van der Waals surface area contributed by atoms with Crippen LogP contribution in [0.1, 0.15) is 155 Å². The predicted molar refractivity (Wildman–Crippen MR) is 132 cm³/mol. The number of carbonyl (C=O) groups excluding carboxylic acids is 3. The molecule has 0 saturated carbocycles. The molecular weight excluding hydrogens is 384 g/mol. The van der Waals surface area contributed by atoms with Crippen LogP contribution in [0.5, 0.6) is 0 Å². The first kappa shape index (κ1) is 30.0. The topological polar surface area (TPSA) is 51.2 Å². The van der Waals surface area contributed by atoms with Crippen molar-refractivity contribution < 1.29 is 14.4 Å². The van der Waals surface area contributed by atoms with E-state index >= 15 is 0 Å². The van der Waals surface area contributed by atoms with Crippen molar-refractivity contribution in [2.24, 2.45) is 5.92 Å². The minimum Gasteiger partial charge on any atom is -0.303 e. The zero-order valence-corrected chi connectivity index (χ0v) is 20.6. The molecule has 0 aliphatic carbocycles. The fourth-order valence-electron chi connectivity index (χ4n) is 4.24. The third-order valence-electron chi connectivity index (χ3n) is 6.37. The van der Waals surface area contributed by atoms with E-state index in [9.17, 15) is 14.4 Å². The monoisotopic (exact) mass is 435 g/mol. The molecule has 1 atom stereocenters. The number of hydrogen-bond acceptors (Lipinski definition) is 3. The van der Waals surface area contributed by atoms with Crippen molar-refractivity contribution >= 4 is 18.4 Å². The summed E-state index contributed by atoms with van der Waals surface area (Å²) < 4.78 is 0. The van der Waals surface area contributed by atoms with Crippen LogP contribution in [0.2, 0.25) is 0 Å². The first-order valence-corrected chi connectivity index (χ1v) is 13.6. The molecule has 31 heavy (non-hydrogen) atoms. The summed E-state index contributed by atoms with van der Waals surface area (Å²) in [6, 6.07) is 0. The van der Waals surface area contributed by atoms with Crippen molar-refractivity contribution in [3.63, 3.8) is 0 Å². The minimum atomic E-state index is -0.485. The van der Waals surface area contributed by atoms with Gasteiger partial charge >= 0.3 is 0 Å². The smallest absolute Gasteiger partial charge is 0.209 e. The van der Waals surface area contributed by atoms with E-state index in [1.807, 2.05) is 6.29 Å². The Morgan fingerprint density at radius 2 is 1.06 bits per heavy atom. The molecule has 0 rings (SSSR count). The third kappa shape index (κ3) is 22.0. The van der Waals surface area contributed by atoms with Crippen LogP contribution >= 0.6 is 0 Å². The van der Waals surface area contributed by atoms with Crippen molar-refractivity contribution in [2.75, 3.05) is 0 Å². The molecular formula is C28H51O3. The van der Waals surface area contributed by atoms with Gasteiger partial charge in [-0.15, -0.1) is 0 Å². The Kier molecular flexibility index (Phi) is 24.5. The molecule has 0 aliphatic rings. The highest BCUT2D eigenvalue weighted by molar-refractivity contribution is 5.93. The zero-order valence-electron chi connectivity index (χ0n) is 20.6. The SMILES string of the molecule is CCCCCCCCCCCCCC(=O)C([C]=O)CCCCCCCCCCCC=O. The zero-order chi connectivity index (χ0) is 22.8. The van der Waals surface area contributed by atoms with Gasteiger partial charge in [-0.2, -0.15) is 0 Å². The maximum atomic E-state index is 12.3. The Morgan fingerprint density at radius 3 is 1.52 bits per heavy atom. The van der Waals surface area contributed by atoms with E-state index in [0.29, 0.717) is 19.3 Å². The van der Waals surface area contributed by atoms with Crippen molar-refractivity contribution in [1.29, 1.82) is 0 Å². The summed E-state index contributed by atoms with van der Waals surface area (Å²) in [6.07, 6.45) is 29.4. The lowest BCUT2D eigenvalue weighted by atomic mass is 9.94. The van der Waals surface area contributed by atoms with Gasteiger partial charge in [0.25, 0.3) is 0 Å². The van der Waals surface area contributed by atoms with Crippen molar-refractivity contribution in [3.05, 3.63) is 0 Å². The second-order valence-corrected chi connectivity index (χ2v) is 9.35. The lowest BCUT2D eigenvalue weighted by Gasteiger charge is -2.09. The van der Waals surface area contributed by atoms with Gasteiger partial charge in [0.15, 0.2) is 0 Å². The molecule has 0 aromatic carbocycles. The second kappa shape index (κ2) is 25.3. The van der Waals surface area contributed by atoms with E-state index in [1.54, 1.807) is 0 Å². The maximum Gasteiger partial charge on any atom is 0.209 e. The van der Waals surface area contributed by atoms with Gasteiger partial charge in [0.1, 0.15) is 12.1 Å². The molecule has 3 heteroatoms. The number of rotatable bonds is 26. The van der Waals surface area contributed by atoms with Gasteiger partial charge in [0.05, 0.1) is 5.92 Å². The lowest BCUT2D eigenvalue weighted by Crippen LogP contribution is -2.15. The summed E-state index contributed by atoms with van der Waals surface area (Å²) in [4.78, 5) is 33.7. The third-order valence-corrected chi connectivity index (χ3v) is 6.37. The number of carbonyl (C=O) groups is 2. The van der Waals surface area contributed by atoms with Crippen LogP contribution in [0.15, 0.2) is 0 Å². The van der Waals surface area contributed by atoms with E-state index in [-0.39, 0.29) is 5.78 Å². The molecule has 0 aromatic rings. The summed E-state index contributed by atoms with van der Waals surface area (Å²) in [7, 11) is 0.